The maximum atomic E-state index is 10.0. The van der Waals surface area contributed by atoms with Gasteiger partial charge in [-0.3, -0.25) is 0 Å². The van der Waals surface area contributed by atoms with Gasteiger partial charge in [-0.05, 0) is 43.2 Å². The van der Waals surface area contributed by atoms with E-state index in [9.17, 15) is 5.11 Å². The molecule has 2 rings (SSSR count). The summed E-state index contributed by atoms with van der Waals surface area (Å²) in [6.07, 6.45) is 2.54. The van der Waals surface area contributed by atoms with E-state index < -0.39 is 0 Å². The summed E-state index contributed by atoms with van der Waals surface area (Å²) in [5, 5.41) is 13.8. The molecule has 0 aliphatic carbocycles. The van der Waals surface area contributed by atoms with Crippen LogP contribution >= 0.6 is 27.5 Å². The molecule has 0 saturated heterocycles. The quantitative estimate of drug-likeness (QED) is 0.752. The second-order valence-electron chi connectivity index (χ2n) is 4.66. The van der Waals surface area contributed by atoms with E-state index in [0.29, 0.717) is 5.15 Å². The van der Waals surface area contributed by atoms with Gasteiger partial charge < -0.3 is 10.4 Å². The average molecular weight is 356 g/mol. The number of nitrogens with one attached hydrogen (secondary N) is 1. The summed E-state index contributed by atoms with van der Waals surface area (Å²) in [4.78, 5) is 4.13. The lowest BCUT2D eigenvalue weighted by Crippen LogP contribution is -2.11. The van der Waals surface area contributed by atoms with Crippen LogP contribution in [0.2, 0.25) is 5.15 Å². The van der Waals surface area contributed by atoms with Gasteiger partial charge in [0.25, 0.3) is 0 Å². The van der Waals surface area contributed by atoms with Gasteiger partial charge in [0.2, 0.25) is 0 Å². The molecule has 0 aliphatic rings. The maximum Gasteiger partial charge on any atom is 0.152 e. The summed E-state index contributed by atoms with van der Waals surface area (Å²) in [5.41, 5.74) is 2.64. The molecule has 2 aromatic rings. The van der Waals surface area contributed by atoms with Crippen LogP contribution in [0.4, 0.5) is 5.69 Å². The topological polar surface area (TPSA) is 45.2 Å². The van der Waals surface area contributed by atoms with Crippen LogP contribution in [0, 0.1) is 6.92 Å². The Hall–Kier alpha value is -1.26. The van der Waals surface area contributed by atoms with Crippen molar-refractivity contribution in [3.05, 3.63) is 51.2 Å². The van der Waals surface area contributed by atoms with Gasteiger partial charge in [-0.1, -0.05) is 34.5 Å². The van der Waals surface area contributed by atoms with Crippen LogP contribution in [0.25, 0.3) is 0 Å². The van der Waals surface area contributed by atoms with Gasteiger partial charge in [-0.15, -0.1) is 0 Å². The van der Waals surface area contributed by atoms with Crippen LogP contribution in [0.1, 0.15) is 30.5 Å². The SMILES string of the molecule is CCC(Nc1cc(C)cnc1Cl)c1cc(Br)ccc1O. The smallest absolute Gasteiger partial charge is 0.152 e. The number of pyridine rings is 1. The summed E-state index contributed by atoms with van der Waals surface area (Å²) in [7, 11) is 0. The van der Waals surface area contributed by atoms with Gasteiger partial charge in [0.05, 0.1) is 11.7 Å². The van der Waals surface area contributed by atoms with Crippen molar-refractivity contribution in [1.82, 2.24) is 4.98 Å². The first-order chi connectivity index (χ1) is 9.51. The molecule has 0 spiro atoms. The molecule has 0 aliphatic heterocycles. The van der Waals surface area contributed by atoms with Crippen molar-refractivity contribution in [3.63, 3.8) is 0 Å². The number of anilines is 1. The fourth-order valence-corrected chi connectivity index (χ4v) is 2.58. The lowest BCUT2D eigenvalue weighted by atomic mass is 10.0. The molecule has 1 aromatic heterocycles. The average Bonchev–Trinajstić information content (AvgIpc) is 2.42. The van der Waals surface area contributed by atoms with Gasteiger partial charge in [0.1, 0.15) is 5.75 Å². The fourth-order valence-electron chi connectivity index (χ4n) is 2.05. The monoisotopic (exact) mass is 354 g/mol. The lowest BCUT2D eigenvalue weighted by molar-refractivity contribution is 0.462. The Morgan fingerprint density at radius 1 is 1.40 bits per heavy atom. The lowest BCUT2D eigenvalue weighted by Gasteiger charge is -2.20. The molecule has 0 saturated carbocycles. The summed E-state index contributed by atoms with van der Waals surface area (Å²) in [6.45, 7) is 4.02. The van der Waals surface area contributed by atoms with Crippen molar-refractivity contribution in [3.8, 4) is 5.75 Å². The number of phenolic OH excluding ortho intramolecular Hbond substituents is 1. The number of phenols is 1. The summed E-state index contributed by atoms with van der Waals surface area (Å²) >= 11 is 9.54. The minimum absolute atomic E-state index is 0.0337. The van der Waals surface area contributed by atoms with Crippen LogP contribution in [0.3, 0.4) is 0 Å². The third-order valence-electron chi connectivity index (χ3n) is 3.08. The number of rotatable bonds is 4. The maximum absolute atomic E-state index is 10.0. The molecule has 1 aromatic carbocycles. The number of nitrogens with zero attached hydrogens (tertiary/aromatic N) is 1. The van der Waals surface area contributed by atoms with E-state index in [0.717, 1.165) is 27.7 Å². The van der Waals surface area contributed by atoms with E-state index in [2.05, 4.69) is 33.2 Å². The predicted molar refractivity (Wildman–Crippen MR) is 86.4 cm³/mol. The van der Waals surface area contributed by atoms with E-state index in [1.165, 1.54) is 0 Å². The standard InChI is InChI=1S/C15H16BrClN2O/c1-3-12(11-7-10(16)4-5-14(11)20)19-13-6-9(2)8-18-15(13)17/h4-8,12,19-20H,3H2,1-2H3. The zero-order valence-electron chi connectivity index (χ0n) is 11.3. The van der Waals surface area contributed by atoms with Crippen molar-refractivity contribution >= 4 is 33.2 Å². The molecule has 0 radical (unpaired) electrons. The number of hydrogen-bond acceptors (Lipinski definition) is 3. The molecule has 1 unspecified atom stereocenters. The van der Waals surface area contributed by atoms with E-state index in [-0.39, 0.29) is 11.8 Å². The fraction of sp³-hybridized carbons (Fsp3) is 0.267. The van der Waals surface area contributed by atoms with E-state index in [4.69, 9.17) is 11.6 Å². The Morgan fingerprint density at radius 2 is 2.15 bits per heavy atom. The van der Waals surface area contributed by atoms with Gasteiger partial charge in [-0.25, -0.2) is 4.98 Å². The second kappa shape index (κ2) is 6.46. The van der Waals surface area contributed by atoms with Gasteiger partial charge >= 0.3 is 0 Å². The summed E-state index contributed by atoms with van der Waals surface area (Å²) in [6, 6.07) is 7.32. The van der Waals surface area contributed by atoms with Crippen LogP contribution in [-0.4, -0.2) is 10.1 Å². The highest BCUT2D eigenvalue weighted by molar-refractivity contribution is 9.10. The molecule has 1 heterocycles. The summed E-state index contributed by atoms with van der Waals surface area (Å²) in [5.74, 6) is 0.268. The van der Waals surface area contributed by atoms with Gasteiger partial charge in [0, 0.05) is 16.2 Å². The Labute approximate surface area is 132 Å². The number of benzene rings is 1. The van der Waals surface area contributed by atoms with Crippen molar-refractivity contribution in [1.29, 1.82) is 0 Å². The third-order valence-corrected chi connectivity index (χ3v) is 3.87. The molecule has 1 atom stereocenters. The Bertz CT molecular complexity index is 619. The number of aromatic hydroxyl groups is 1. The highest BCUT2D eigenvalue weighted by Crippen LogP contribution is 2.33. The molecule has 20 heavy (non-hydrogen) atoms. The van der Waals surface area contributed by atoms with E-state index >= 15 is 0 Å². The van der Waals surface area contributed by atoms with E-state index in [1.807, 2.05) is 25.1 Å². The largest absolute Gasteiger partial charge is 0.508 e. The summed E-state index contributed by atoms with van der Waals surface area (Å²) < 4.78 is 0.930. The zero-order valence-corrected chi connectivity index (χ0v) is 13.7. The molecule has 0 amide bonds. The Morgan fingerprint density at radius 3 is 2.85 bits per heavy atom. The van der Waals surface area contributed by atoms with Crippen LogP contribution in [0.5, 0.6) is 5.75 Å². The molecular formula is C15H16BrClN2O. The first-order valence-corrected chi connectivity index (χ1v) is 7.55. The number of aryl methyl sites for hydroxylation is 1. The highest BCUT2D eigenvalue weighted by Gasteiger charge is 2.15. The predicted octanol–water partition coefficient (Wildman–Crippen LogP) is 5.07. The van der Waals surface area contributed by atoms with Crippen molar-refractivity contribution in [2.24, 2.45) is 0 Å². The molecule has 3 nitrogen and oxygen atoms in total. The van der Waals surface area contributed by atoms with Crippen LogP contribution in [-0.2, 0) is 0 Å². The number of hydrogen-bond donors (Lipinski definition) is 2. The Balaban J connectivity index is 2.33. The van der Waals surface area contributed by atoms with Crippen molar-refractivity contribution in [2.45, 2.75) is 26.3 Å². The normalized spacial score (nSPS) is 12.2. The molecule has 0 fully saturated rings. The third kappa shape index (κ3) is 3.44. The molecular weight excluding hydrogens is 340 g/mol. The minimum atomic E-state index is -0.0337. The first kappa shape index (κ1) is 15.1. The molecule has 106 valence electrons. The van der Waals surface area contributed by atoms with Crippen LogP contribution in [0.15, 0.2) is 34.9 Å². The number of aromatic nitrogens is 1. The van der Waals surface area contributed by atoms with Crippen LogP contribution < -0.4 is 5.32 Å². The number of halogens is 2. The zero-order chi connectivity index (χ0) is 14.7. The molecule has 0 bridgehead atoms. The van der Waals surface area contributed by atoms with Gasteiger partial charge in [0.15, 0.2) is 5.15 Å². The highest BCUT2D eigenvalue weighted by atomic mass is 79.9. The minimum Gasteiger partial charge on any atom is -0.508 e. The van der Waals surface area contributed by atoms with Gasteiger partial charge in [-0.2, -0.15) is 0 Å². The molecule has 2 N–H and O–H groups in total. The second-order valence-corrected chi connectivity index (χ2v) is 5.93. The van der Waals surface area contributed by atoms with Crippen molar-refractivity contribution < 1.29 is 5.11 Å². The first-order valence-electron chi connectivity index (χ1n) is 6.38. The van der Waals surface area contributed by atoms with E-state index in [1.54, 1.807) is 12.3 Å². The molecule has 5 heteroatoms. The Kier molecular flexibility index (Phi) is 4.89. The van der Waals surface area contributed by atoms with Crippen molar-refractivity contribution in [2.75, 3.05) is 5.32 Å².